The second-order valence-corrected chi connectivity index (χ2v) is 5.95. The number of carbonyl (C=O) groups is 1. The third-order valence-electron chi connectivity index (χ3n) is 4.19. The summed E-state index contributed by atoms with van der Waals surface area (Å²) < 4.78 is 37.1. The van der Waals surface area contributed by atoms with Crippen LogP contribution in [0.25, 0.3) is 12.2 Å². The van der Waals surface area contributed by atoms with E-state index < -0.39 is 23.1 Å². The van der Waals surface area contributed by atoms with Crippen LogP contribution in [0.3, 0.4) is 0 Å². The van der Waals surface area contributed by atoms with Crippen molar-refractivity contribution in [3.63, 3.8) is 0 Å². The molecular formula is C20H16F2O5. The summed E-state index contributed by atoms with van der Waals surface area (Å²) in [5.74, 6) is -3.21. The van der Waals surface area contributed by atoms with Gasteiger partial charge in [-0.05, 0) is 47.5 Å². The summed E-state index contributed by atoms with van der Waals surface area (Å²) in [6.45, 7) is 0. The second-order valence-electron chi connectivity index (χ2n) is 5.95. The molecule has 0 aliphatic heterocycles. The molecule has 3 rings (SSSR count). The lowest BCUT2D eigenvalue weighted by Gasteiger charge is -2.20. The number of ketones is 1. The van der Waals surface area contributed by atoms with Gasteiger partial charge in [0.2, 0.25) is 0 Å². The standard InChI is InChI=1S/C20H16F2O5/c1-26-16-7-10(5-14(21)19(16)24)3-12-9-13(18(12)23)4-11-6-15(22)20(25)17(8-11)27-2/h3-8,24-25H,9H2,1-2H3/b12-3+,13-4+. The molecule has 1 saturated carbocycles. The first kappa shape index (κ1) is 18.4. The predicted molar refractivity (Wildman–Crippen MR) is 94.8 cm³/mol. The Morgan fingerprint density at radius 1 is 0.852 bits per heavy atom. The molecule has 1 aliphatic carbocycles. The largest absolute Gasteiger partial charge is 0.502 e. The van der Waals surface area contributed by atoms with Gasteiger partial charge in [-0.25, -0.2) is 8.78 Å². The molecule has 0 amide bonds. The average Bonchev–Trinajstić information content (AvgIpc) is 2.65. The van der Waals surface area contributed by atoms with Gasteiger partial charge in [-0.1, -0.05) is 0 Å². The van der Waals surface area contributed by atoms with Gasteiger partial charge in [0, 0.05) is 17.6 Å². The Morgan fingerprint density at radius 3 is 1.59 bits per heavy atom. The average molecular weight is 374 g/mol. The van der Waals surface area contributed by atoms with Crippen LogP contribution in [0.2, 0.25) is 0 Å². The van der Waals surface area contributed by atoms with Crippen LogP contribution in [-0.2, 0) is 4.79 Å². The van der Waals surface area contributed by atoms with E-state index in [1.165, 1.54) is 38.5 Å². The Morgan fingerprint density at radius 2 is 1.26 bits per heavy atom. The van der Waals surface area contributed by atoms with E-state index in [4.69, 9.17) is 9.47 Å². The van der Waals surface area contributed by atoms with Crippen molar-refractivity contribution in [3.05, 3.63) is 58.2 Å². The van der Waals surface area contributed by atoms with Crippen molar-refractivity contribution in [3.8, 4) is 23.0 Å². The molecule has 1 fully saturated rings. The van der Waals surface area contributed by atoms with E-state index in [0.717, 1.165) is 12.1 Å². The van der Waals surface area contributed by atoms with Crippen LogP contribution in [0.5, 0.6) is 23.0 Å². The third kappa shape index (κ3) is 3.48. The highest BCUT2D eigenvalue weighted by Crippen LogP contribution is 2.36. The first-order chi connectivity index (χ1) is 12.8. The first-order valence-corrected chi connectivity index (χ1v) is 7.93. The van der Waals surface area contributed by atoms with Crippen molar-refractivity contribution in [2.24, 2.45) is 0 Å². The number of hydrogen-bond donors (Lipinski definition) is 2. The minimum atomic E-state index is -0.851. The molecule has 0 atom stereocenters. The highest BCUT2D eigenvalue weighted by molar-refractivity contribution is 6.20. The number of phenolic OH excluding ortho intramolecular Hbond substituents is 2. The number of halogens is 2. The quantitative estimate of drug-likeness (QED) is 0.796. The maximum Gasteiger partial charge on any atom is 0.194 e. The summed E-state index contributed by atoms with van der Waals surface area (Å²) in [5, 5.41) is 19.0. The van der Waals surface area contributed by atoms with Crippen LogP contribution < -0.4 is 9.47 Å². The van der Waals surface area contributed by atoms with Crippen LogP contribution in [0, 0.1) is 11.6 Å². The zero-order valence-corrected chi connectivity index (χ0v) is 14.5. The lowest BCUT2D eigenvalue weighted by atomic mass is 9.82. The second kappa shape index (κ2) is 7.11. The zero-order valence-electron chi connectivity index (χ0n) is 14.5. The van der Waals surface area contributed by atoms with Gasteiger partial charge < -0.3 is 19.7 Å². The molecular weight excluding hydrogens is 358 g/mol. The molecule has 5 nitrogen and oxygen atoms in total. The van der Waals surface area contributed by atoms with Crippen LogP contribution in [0.1, 0.15) is 17.5 Å². The molecule has 0 bridgehead atoms. The Labute approximate surface area is 153 Å². The molecule has 0 heterocycles. The third-order valence-corrected chi connectivity index (χ3v) is 4.19. The van der Waals surface area contributed by atoms with Crippen molar-refractivity contribution < 1.29 is 33.3 Å². The lowest BCUT2D eigenvalue weighted by Crippen LogP contribution is -2.18. The van der Waals surface area contributed by atoms with E-state index in [2.05, 4.69) is 0 Å². The molecule has 0 spiro atoms. The van der Waals surface area contributed by atoms with Crippen LogP contribution in [-0.4, -0.2) is 30.2 Å². The summed E-state index contributed by atoms with van der Waals surface area (Å²) in [5.41, 5.74) is 1.64. The zero-order chi connectivity index (χ0) is 19.7. The summed E-state index contributed by atoms with van der Waals surface area (Å²) >= 11 is 0. The topological polar surface area (TPSA) is 76.0 Å². The summed E-state index contributed by atoms with van der Waals surface area (Å²) in [6.07, 6.45) is 3.32. The van der Waals surface area contributed by atoms with Gasteiger partial charge in [-0.3, -0.25) is 4.79 Å². The SMILES string of the molecule is COc1cc(/C=C2\C/C(=C\c3cc(F)c(O)c(OC)c3)C2=O)cc(F)c1O. The number of benzene rings is 2. The van der Waals surface area contributed by atoms with Crippen molar-refractivity contribution in [2.75, 3.05) is 14.2 Å². The molecule has 0 unspecified atom stereocenters. The highest BCUT2D eigenvalue weighted by atomic mass is 19.1. The summed E-state index contributed by atoms with van der Waals surface area (Å²) in [6, 6.07) is 5.03. The highest BCUT2D eigenvalue weighted by Gasteiger charge is 2.27. The molecule has 0 aromatic heterocycles. The Balaban J connectivity index is 1.85. The molecule has 0 saturated heterocycles. The molecule has 1 aliphatic rings. The number of aromatic hydroxyl groups is 2. The fourth-order valence-corrected chi connectivity index (χ4v) is 2.77. The van der Waals surface area contributed by atoms with Gasteiger partial charge in [0.1, 0.15) is 0 Å². The fourth-order valence-electron chi connectivity index (χ4n) is 2.77. The number of allylic oxidation sites excluding steroid dienone is 2. The monoisotopic (exact) mass is 374 g/mol. The van der Waals surface area contributed by atoms with Crippen molar-refractivity contribution >= 4 is 17.9 Å². The first-order valence-electron chi connectivity index (χ1n) is 7.93. The predicted octanol–water partition coefficient (Wildman–Crippen LogP) is 3.83. The van der Waals surface area contributed by atoms with E-state index in [-0.39, 0.29) is 17.3 Å². The maximum absolute atomic E-state index is 13.7. The van der Waals surface area contributed by atoms with Crippen molar-refractivity contribution in [2.45, 2.75) is 6.42 Å². The molecule has 2 aromatic carbocycles. The minimum absolute atomic E-state index is 0.0314. The van der Waals surface area contributed by atoms with Crippen LogP contribution in [0.4, 0.5) is 8.78 Å². The summed E-state index contributed by atoms with van der Waals surface area (Å²) in [7, 11) is 2.59. The molecule has 2 aromatic rings. The Hall–Kier alpha value is -3.35. The number of carbonyl (C=O) groups excluding carboxylic acids is 1. The number of Topliss-reactive ketones (excluding diaryl/α,β-unsaturated/α-hetero) is 1. The van der Waals surface area contributed by atoms with E-state index in [0.29, 0.717) is 28.7 Å². The van der Waals surface area contributed by atoms with Gasteiger partial charge in [0.25, 0.3) is 0 Å². The number of hydrogen-bond acceptors (Lipinski definition) is 5. The molecule has 140 valence electrons. The number of phenols is 2. The molecule has 7 heteroatoms. The molecule has 0 radical (unpaired) electrons. The van der Waals surface area contributed by atoms with Crippen LogP contribution in [0.15, 0.2) is 35.4 Å². The van der Waals surface area contributed by atoms with Gasteiger partial charge >= 0.3 is 0 Å². The number of rotatable bonds is 4. The Kier molecular flexibility index (Phi) is 4.85. The van der Waals surface area contributed by atoms with E-state index in [1.807, 2.05) is 0 Å². The maximum atomic E-state index is 13.7. The van der Waals surface area contributed by atoms with Gasteiger partial charge in [0.15, 0.2) is 40.4 Å². The van der Waals surface area contributed by atoms with E-state index >= 15 is 0 Å². The minimum Gasteiger partial charge on any atom is -0.502 e. The van der Waals surface area contributed by atoms with Crippen LogP contribution >= 0.6 is 0 Å². The molecule has 27 heavy (non-hydrogen) atoms. The normalized spacial score (nSPS) is 16.5. The number of ether oxygens (including phenoxy) is 2. The van der Waals surface area contributed by atoms with Gasteiger partial charge in [0.05, 0.1) is 14.2 Å². The number of methoxy groups -OCH3 is 2. The molecule has 2 N–H and O–H groups in total. The van der Waals surface area contributed by atoms with E-state index in [9.17, 15) is 23.8 Å². The Bertz CT molecular complexity index is 915. The van der Waals surface area contributed by atoms with Crippen molar-refractivity contribution in [1.29, 1.82) is 0 Å². The van der Waals surface area contributed by atoms with Gasteiger partial charge in [-0.2, -0.15) is 0 Å². The smallest absolute Gasteiger partial charge is 0.194 e. The fraction of sp³-hybridized carbons (Fsp3) is 0.150. The van der Waals surface area contributed by atoms with Gasteiger partial charge in [-0.15, -0.1) is 0 Å². The summed E-state index contributed by atoms with van der Waals surface area (Å²) in [4.78, 5) is 12.3. The van der Waals surface area contributed by atoms with Crippen molar-refractivity contribution in [1.82, 2.24) is 0 Å². The van der Waals surface area contributed by atoms with E-state index in [1.54, 1.807) is 0 Å². The lowest BCUT2D eigenvalue weighted by molar-refractivity contribution is -0.114.